The number of piperazine rings is 1. The number of nitrogens with zero attached hydrogens (tertiary/aromatic N) is 2. The minimum atomic E-state index is 1.00. The van der Waals surface area contributed by atoms with Crippen molar-refractivity contribution < 1.29 is 0 Å². The van der Waals surface area contributed by atoms with Gasteiger partial charge >= 0.3 is 0 Å². The zero-order valence-electron chi connectivity index (χ0n) is 9.11. The summed E-state index contributed by atoms with van der Waals surface area (Å²) in [5.41, 5.74) is 4.95. The summed E-state index contributed by atoms with van der Waals surface area (Å²) in [5.74, 6) is 5.50. The second-order valence-corrected chi connectivity index (χ2v) is 3.95. The number of rotatable bonds is 2. The number of nitrogens with one attached hydrogen (secondary N) is 1. The van der Waals surface area contributed by atoms with E-state index in [2.05, 4.69) is 34.4 Å². The van der Waals surface area contributed by atoms with E-state index in [4.69, 9.17) is 5.84 Å². The Balaban J connectivity index is 2.15. The predicted octanol–water partition coefficient (Wildman–Crippen LogP) is 0.724. The van der Waals surface area contributed by atoms with E-state index >= 15 is 0 Å². The SMILES string of the molecule is CN1CCN(c2ccccc2NN)CC1. The molecule has 0 unspecified atom stereocenters. The lowest BCUT2D eigenvalue weighted by Gasteiger charge is -2.34. The zero-order valence-corrected chi connectivity index (χ0v) is 9.11. The van der Waals surface area contributed by atoms with Crippen LogP contribution >= 0.6 is 0 Å². The standard InChI is InChI=1S/C11H18N4/c1-14-6-8-15(9-7-14)11-5-3-2-4-10(11)13-12/h2-5,13H,6-9,12H2,1H3. The summed E-state index contributed by atoms with van der Waals surface area (Å²) in [6.45, 7) is 4.35. The second-order valence-electron chi connectivity index (χ2n) is 3.95. The lowest BCUT2D eigenvalue weighted by molar-refractivity contribution is 0.313. The summed E-state index contributed by atoms with van der Waals surface area (Å²) in [6, 6.07) is 8.16. The molecule has 1 aromatic rings. The third-order valence-electron chi connectivity index (χ3n) is 2.90. The normalized spacial score (nSPS) is 17.9. The lowest BCUT2D eigenvalue weighted by atomic mass is 10.2. The highest BCUT2D eigenvalue weighted by atomic mass is 15.3. The summed E-state index contributed by atoms with van der Waals surface area (Å²) in [5, 5.41) is 0. The van der Waals surface area contributed by atoms with E-state index in [1.807, 2.05) is 12.1 Å². The van der Waals surface area contributed by atoms with Crippen molar-refractivity contribution in [2.45, 2.75) is 0 Å². The molecule has 0 aromatic heterocycles. The number of likely N-dealkylation sites (N-methyl/N-ethyl adjacent to an activating group) is 1. The van der Waals surface area contributed by atoms with Crippen LogP contribution < -0.4 is 16.2 Å². The van der Waals surface area contributed by atoms with Gasteiger partial charge in [0.05, 0.1) is 11.4 Å². The van der Waals surface area contributed by atoms with Crippen LogP contribution in [0.2, 0.25) is 0 Å². The first-order valence-corrected chi connectivity index (χ1v) is 5.30. The van der Waals surface area contributed by atoms with Crippen molar-refractivity contribution in [1.82, 2.24) is 4.90 Å². The van der Waals surface area contributed by atoms with Crippen LogP contribution in [0.3, 0.4) is 0 Å². The molecule has 82 valence electrons. The average molecular weight is 206 g/mol. The van der Waals surface area contributed by atoms with Gasteiger partial charge in [-0.05, 0) is 19.2 Å². The molecule has 3 N–H and O–H groups in total. The van der Waals surface area contributed by atoms with Crippen LogP contribution in [0.4, 0.5) is 11.4 Å². The average Bonchev–Trinajstić information content (AvgIpc) is 2.30. The first-order valence-electron chi connectivity index (χ1n) is 5.30. The summed E-state index contributed by atoms with van der Waals surface area (Å²) in [7, 11) is 2.16. The van der Waals surface area contributed by atoms with Crippen LogP contribution in [-0.4, -0.2) is 38.1 Å². The van der Waals surface area contributed by atoms with Crippen molar-refractivity contribution in [3.63, 3.8) is 0 Å². The maximum atomic E-state index is 5.50. The van der Waals surface area contributed by atoms with Gasteiger partial charge in [0.25, 0.3) is 0 Å². The smallest absolute Gasteiger partial charge is 0.0720 e. The Morgan fingerprint density at radius 1 is 1.13 bits per heavy atom. The van der Waals surface area contributed by atoms with Gasteiger partial charge in [-0.2, -0.15) is 0 Å². The van der Waals surface area contributed by atoms with E-state index in [1.165, 1.54) is 5.69 Å². The van der Waals surface area contributed by atoms with Gasteiger partial charge < -0.3 is 15.2 Å². The largest absolute Gasteiger partial charge is 0.367 e. The second kappa shape index (κ2) is 4.51. The van der Waals surface area contributed by atoms with Crippen LogP contribution in [0, 0.1) is 0 Å². The van der Waals surface area contributed by atoms with Crippen molar-refractivity contribution in [1.29, 1.82) is 0 Å². The van der Waals surface area contributed by atoms with E-state index in [-0.39, 0.29) is 0 Å². The molecule has 0 saturated carbocycles. The molecule has 0 amide bonds. The van der Waals surface area contributed by atoms with Crippen molar-refractivity contribution in [2.24, 2.45) is 5.84 Å². The van der Waals surface area contributed by atoms with Crippen molar-refractivity contribution >= 4 is 11.4 Å². The zero-order chi connectivity index (χ0) is 10.7. The molecule has 1 fully saturated rings. The first kappa shape index (κ1) is 10.3. The van der Waals surface area contributed by atoms with E-state index in [1.54, 1.807) is 0 Å². The van der Waals surface area contributed by atoms with Gasteiger partial charge in [-0.25, -0.2) is 0 Å². The summed E-state index contributed by atoms with van der Waals surface area (Å²) in [6.07, 6.45) is 0. The van der Waals surface area contributed by atoms with E-state index < -0.39 is 0 Å². The summed E-state index contributed by atoms with van der Waals surface area (Å²) >= 11 is 0. The number of hydrazine groups is 1. The highest BCUT2D eigenvalue weighted by Gasteiger charge is 2.15. The van der Waals surface area contributed by atoms with Gasteiger partial charge in [-0.3, -0.25) is 5.84 Å². The van der Waals surface area contributed by atoms with Crippen molar-refractivity contribution in [3.8, 4) is 0 Å². The summed E-state index contributed by atoms with van der Waals surface area (Å²) in [4.78, 5) is 4.71. The number of hydrogen-bond acceptors (Lipinski definition) is 4. The Morgan fingerprint density at radius 2 is 1.80 bits per heavy atom. The van der Waals surface area contributed by atoms with Crippen LogP contribution in [-0.2, 0) is 0 Å². The van der Waals surface area contributed by atoms with Crippen LogP contribution in [0.5, 0.6) is 0 Å². The number of anilines is 2. The maximum absolute atomic E-state index is 5.50. The Kier molecular flexibility index (Phi) is 3.08. The molecule has 0 bridgehead atoms. The van der Waals surface area contributed by atoms with E-state index in [0.717, 1.165) is 31.9 Å². The molecule has 0 atom stereocenters. The van der Waals surface area contributed by atoms with E-state index in [0.29, 0.717) is 0 Å². The number of benzene rings is 1. The van der Waals surface area contributed by atoms with Gasteiger partial charge in [-0.1, -0.05) is 12.1 Å². The molecule has 0 aliphatic carbocycles. The van der Waals surface area contributed by atoms with Crippen molar-refractivity contribution in [2.75, 3.05) is 43.6 Å². The highest BCUT2D eigenvalue weighted by molar-refractivity contribution is 5.69. The highest BCUT2D eigenvalue weighted by Crippen LogP contribution is 2.25. The van der Waals surface area contributed by atoms with Gasteiger partial charge in [0, 0.05) is 26.2 Å². The number of hydrogen-bond donors (Lipinski definition) is 2. The van der Waals surface area contributed by atoms with Crippen LogP contribution in [0.25, 0.3) is 0 Å². The molecule has 1 aliphatic rings. The molecule has 15 heavy (non-hydrogen) atoms. The molecule has 1 aliphatic heterocycles. The fraction of sp³-hybridized carbons (Fsp3) is 0.455. The van der Waals surface area contributed by atoms with Gasteiger partial charge in [0.2, 0.25) is 0 Å². The van der Waals surface area contributed by atoms with Crippen LogP contribution in [0.15, 0.2) is 24.3 Å². The Hall–Kier alpha value is -1.26. The maximum Gasteiger partial charge on any atom is 0.0720 e. The third kappa shape index (κ3) is 2.22. The number of para-hydroxylation sites is 2. The monoisotopic (exact) mass is 206 g/mol. The van der Waals surface area contributed by atoms with Crippen molar-refractivity contribution in [3.05, 3.63) is 24.3 Å². The Labute approximate surface area is 90.6 Å². The molecule has 0 spiro atoms. The minimum Gasteiger partial charge on any atom is -0.367 e. The molecule has 1 heterocycles. The number of nitrogen functional groups attached to an aromatic ring is 1. The molecule has 2 rings (SSSR count). The molecule has 1 saturated heterocycles. The van der Waals surface area contributed by atoms with Gasteiger partial charge in [-0.15, -0.1) is 0 Å². The predicted molar refractivity (Wildman–Crippen MR) is 64.0 cm³/mol. The Morgan fingerprint density at radius 3 is 2.47 bits per heavy atom. The molecule has 4 heteroatoms. The fourth-order valence-corrected chi connectivity index (χ4v) is 1.92. The topological polar surface area (TPSA) is 44.5 Å². The quantitative estimate of drug-likeness (QED) is 0.553. The third-order valence-corrected chi connectivity index (χ3v) is 2.90. The molecule has 0 radical (unpaired) electrons. The van der Waals surface area contributed by atoms with Gasteiger partial charge in [0.1, 0.15) is 0 Å². The molecular weight excluding hydrogens is 188 g/mol. The number of nitrogens with two attached hydrogens (primary N) is 1. The lowest BCUT2D eigenvalue weighted by Crippen LogP contribution is -2.44. The summed E-state index contributed by atoms with van der Waals surface area (Å²) < 4.78 is 0. The molecule has 1 aromatic carbocycles. The molecule has 4 nitrogen and oxygen atoms in total. The minimum absolute atomic E-state index is 1.00. The fourth-order valence-electron chi connectivity index (χ4n) is 1.92. The Bertz CT molecular complexity index is 318. The first-order chi connectivity index (χ1) is 7.31. The van der Waals surface area contributed by atoms with Crippen LogP contribution in [0.1, 0.15) is 0 Å². The van der Waals surface area contributed by atoms with E-state index in [9.17, 15) is 0 Å². The molecular formula is C11H18N4. The van der Waals surface area contributed by atoms with Gasteiger partial charge in [0.15, 0.2) is 0 Å².